The molecule has 2 aromatic heterocycles. The SMILES string of the molecule is C=C(CC)NC(=O)c1cn(-c2c(F)cccc2F)c2nc(N3CCC(O)C3)c(F)cc2c1=O. The molecule has 0 aliphatic carbocycles. The third kappa shape index (κ3) is 4.09. The Morgan fingerprint density at radius 1 is 1.27 bits per heavy atom. The van der Waals surface area contributed by atoms with Crippen LogP contribution in [-0.2, 0) is 0 Å². The van der Waals surface area contributed by atoms with Crippen LogP contribution in [0.3, 0.4) is 0 Å². The quantitative estimate of drug-likeness (QED) is 0.614. The molecule has 1 fully saturated rings. The second-order valence-corrected chi connectivity index (χ2v) is 7.78. The van der Waals surface area contributed by atoms with E-state index < -0.39 is 46.1 Å². The van der Waals surface area contributed by atoms with E-state index in [-0.39, 0.29) is 23.4 Å². The molecule has 1 aromatic carbocycles. The van der Waals surface area contributed by atoms with Crippen LogP contribution in [0.2, 0.25) is 0 Å². The number of aliphatic hydroxyl groups excluding tert-OH is 1. The second-order valence-electron chi connectivity index (χ2n) is 7.78. The summed E-state index contributed by atoms with van der Waals surface area (Å²) in [4.78, 5) is 31.5. The van der Waals surface area contributed by atoms with Gasteiger partial charge in [-0.25, -0.2) is 18.2 Å². The summed E-state index contributed by atoms with van der Waals surface area (Å²) in [6, 6.07) is 4.10. The molecule has 172 valence electrons. The summed E-state index contributed by atoms with van der Waals surface area (Å²) in [6.07, 6.45) is 1.11. The van der Waals surface area contributed by atoms with Crippen LogP contribution in [0.4, 0.5) is 19.0 Å². The maximum atomic E-state index is 15.0. The van der Waals surface area contributed by atoms with Gasteiger partial charge in [0.2, 0.25) is 5.43 Å². The lowest BCUT2D eigenvalue weighted by atomic mass is 10.1. The molecule has 0 bridgehead atoms. The highest BCUT2D eigenvalue weighted by molar-refractivity contribution is 5.98. The zero-order chi connectivity index (χ0) is 23.9. The van der Waals surface area contributed by atoms with Crippen molar-refractivity contribution in [3.05, 3.63) is 76.0 Å². The van der Waals surface area contributed by atoms with Gasteiger partial charge in [-0.1, -0.05) is 19.6 Å². The molecule has 33 heavy (non-hydrogen) atoms. The van der Waals surface area contributed by atoms with Gasteiger partial charge < -0.3 is 15.3 Å². The minimum Gasteiger partial charge on any atom is -0.391 e. The van der Waals surface area contributed by atoms with E-state index in [1.54, 1.807) is 6.92 Å². The van der Waals surface area contributed by atoms with Crippen LogP contribution in [0.1, 0.15) is 30.1 Å². The molecule has 0 radical (unpaired) electrons. The number of amides is 1. The Labute approximate surface area is 186 Å². The number of nitrogens with one attached hydrogen (secondary N) is 1. The Balaban J connectivity index is 2.02. The first-order chi connectivity index (χ1) is 15.7. The summed E-state index contributed by atoms with van der Waals surface area (Å²) >= 11 is 0. The highest BCUT2D eigenvalue weighted by Gasteiger charge is 2.27. The third-order valence-corrected chi connectivity index (χ3v) is 5.52. The maximum absolute atomic E-state index is 15.0. The fourth-order valence-corrected chi connectivity index (χ4v) is 3.74. The fourth-order valence-electron chi connectivity index (χ4n) is 3.74. The minimum atomic E-state index is -0.964. The van der Waals surface area contributed by atoms with E-state index in [0.717, 1.165) is 29.0 Å². The number of halogens is 3. The third-order valence-electron chi connectivity index (χ3n) is 5.52. The van der Waals surface area contributed by atoms with E-state index in [4.69, 9.17) is 0 Å². The lowest BCUT2D eigenvalue weighted by Gasteiger charge is -2.20. The molecule has 1 aliphatic rings. The number of aromatic nitrogens is 2. The van der Waals surface area contributed by atoms with Crippen LogP contribution in [0.15, 0.2) is 47.5 Å². The Morgan fingerprint density at radius 3 is 2.58 bits per heavy atom. The first kappa shape index (κ1) is 22.5. The van der Waals surface area contributed by atoms with Gasteiger partial charge in [0.05, 0.1) is 11.5 Å². The minimum absolute atomic E-state index is 0.118. The molecule has 3 aromatic rings. The summed E-state index contributed by atoms with van der Waals surface area (Å²) < 4.78 is 45.3. The average molecular weight is 458 g/mol. The van der Waals surface area contributed by atoms with Crippen molar-refractivity contribution in [3.63, 3.8) is 0 Å². The lowest BCUT2D eigenvalue weighted by Crippen LogP contribution is -2.30. The predicted molar refractivity (Wildman–Crippen MR) is 117 cm³/mol. The number of carbonyl (C=O) groups is 1. The van der Waals surface area contributed by atoms with Crippen molar-refractivity contribution in [2.45, 2.75) is 25.9 Å². The summed E-state index contributed by atoms with van der Waals surface area (Å²) in [5.41, 5.74) is -1.77. The lowest BCUT2D eigenvalue weighted by molar-refractivity contribution is 0.0963. The number of para-hydroxylation sites is 1. The molecule has 0 spiro atoms. The predicted octanol–water partition coefficient (Wildman–Crippen LogP) is 3.03. The summed E-state index contributed by atoms with van der Waals surface area (Å²) in [6.45, 7) is 5.83. The number of hydrogen-bond acceptors (Lipinski definition) is 5. The summed E-state index contributed by atoms with van der Waals surface area (Å²) in [5, 5.41) is 11.9. The molecule has 1 saturated heterocycles. The van der Waals surface area contributed by atoms with Gasteiger partial charge in [-0.15, -0.1) is 0 Å². The molecular formula is C23H21F3N4O3. The number of benzene rings is 1. The molecule has 10 heteroatoms. The number of aliphatic hydroxyl groups is 1. The summed E-state index contributed by atoms with van der Waals surface area (Å²) in [7, 11) is 0. The highest BCUT2D eigenvalue weighted by atomic mass is 19.1. The van der Waals surface area contributed by atoms with Gasteiger partial charge in [-0.05, 0) is 31.0 Å². The van der Waals surface area contributed by atoms with E-state index in [9.17, 15) is 27.9 Å². The second kappa shape index (κ2) is 8.70. The van der Waals surface area contributed by atoms with Crippen LogP contribution in [0.25, 0.3) is 16.7 Å². The van der Waals surface area contributed by atoms with Crippen LogP contribution >= 0.6 is 0 Å². The molecule has 0 saturated carbocycles. The van der Waals surface area contributed by atoms with Gasteiger partial charge in [0.25, 0.3) is 5.91 Å². The van der Waals surface area contributed by atoms with Crippen molar-refractivity contribution in [2.75, 3.05) is 18.0 Å². The van der Waals surface area contributed by atoms with Crippen LogP contribution in [-0.4, -0.2) is 39.8 Å². The molecular weight excluding hydrogens is 437 g/mol. The van der Waals surface area contributed by atoms with Gasteiger partial charge in [0.15, 0.2) is 17.3 Å². The number of carbonyl (C=O) groups excluding carboxylic acids is 1. The highest BCUT2D eigenvalue weighted by Crippen LogP contribution is 2.27. The van der Waals surface area contributed by atoms with Gasteiger partial charge >= 0.3 is 0 Å². The number of hydrogen-bond donors (Lipinski definition) is 2. The van der Waals surface area contributed by atoms with Gasteiger partial charge in [0.1, 0.15) is 22.9 Å². The number of anilines is 1. The Hall–Kier alpha value is -3.66. The molecule has 1 aliphatic heterocycles. The van der Waals surface area contributed by atoms with Crippen molar-refractivity contribution in [2.24, 2.45) is 0 Å². The van der Waals surface area contributed by atoms with E-state index in [0.29, 0.717) is 25.1 Å². The topological polar surface area (TPSA) is 87.5 Å². The number of fused-ring (bicyclic) bond motifs is 1. The van der Waals surface area contributed by atoms with E-state index in [1.807, 2.05) is 0 Å². The van der Waals surface area contributed by atoms with Crippen molar-refractivity contribution in [1.82, 2.24) is 14.9 Å². The van der Waals surface area contributed by atoms with Crippen molar-refractivity contribution in [1.29, 1.82) is 0 Å². The molecule has 3 heterocycles. The largest absolute Gasteiger partial charge is 0.391 e. The zero-order valence-corrected chi connectivity index (χ0v) is 17.7. The first-order valence-electron chi connectivity index (χ1n) is 10.3. The monoisotopic (exact) mass is 458 g/mol. The Morgan fingerprint density at radius 2 is 1.97 bits per heavy atom. The maximum Gasteiger partial charge on any atom is 0.260 e. The zero-order valence-electron chi connectivity index (χ0n) is 17.7. The number of allylic oxidation sites excluding steroid dienone is 1. The van der Waals surface area contributed by atoms with Crippen LogP contribution in [0, 0.1) is 17.5 Å². The normalized spacial score (nSPS) is 15.8. The van der Waals surface area contributed by atoms with Gasteiger partial charge in [-0.2, -0.15) is 0 Å². The number of rotatable bonds is 5. The number of pyridine rings is 2. The summed E-state index contributed by atoms with van der Waals surface area (Å²) in [5.74, 6) is -3.79. The van der Waals surface area contributed by atoms with Crippen LogP contribution < -0.4 is 15.6 Å². The Kier molecular flexibility index (Phi) is 5.94. The number of β-amino-alcohol motifs (C(OH)–C–C–N with tert-alkyl or cyclic N) is 1. The van der Waals surface area contributed by atoms with E-state index in [2.05, 4.69) is 16.9 Å². The van der Waals surface area contributed by atoms with Crippen LogP contribution in [0.5, 0.6) is 0 Å². The molecule has 1 unspecified atom stereocenters. The van der Waals surface area contributed by atoms with Crippen molar-refractivity contribution in [3.8, 4) is 5.69 Å². The van der Waals surface area contributed by atoms with Gasteiger partial charge in [-0.3, -0.25) is 14.2 Å². The first-order valence-corrected chi connectivity index (χ1v) is 10.3. The van der Waals surface area contributed by atoms with E-state index >= 15 is 0 Å². The standard InChI is InChI=1S/C23H21F3N4O3/c1-3-12(2)27-23(33)15-11-30(19-16(24)5-4-6-17(19)25)21-14(20(15)32)9-18(26)22(28-21)29-8-7-13(31)10-29/h4-6,9,11,13,31H,2-3,7-8,10H2,1H3,(H,27,33). The molecule has 1 atom stereocenters. The van der Waals surface area contributed by atoms with Crippen molar-refractivity contribution >= 4 is 22.8 Å². The molecule has 1 amide bonds. The Bertz CT molecular complexity index is 1320. The molecule has 2 N–H and O–H groups in total. The molecule has 7 nitrogen and oxygen atoms in total. The smallest absolute Gasteiger partial charge is 0.260 e. The fraction of sp³-hybridized carbons (Fsp3) is 0.261. The van der Waals surface area contributed by atoms with Crippen molar-refractivity contribution < 1.29 is 23.1 Å². The molecule has 4 rings (SSSR count). The number of nitrogens with zero attached hydrogens (tertiary/aromatic N) is 3. The average Bonchev–Trinajstić information content (AvgIpc) is 3.20. The van der Waals surface area contributed by atoms with E-state index in [1.165, 1.54) is 11.0 Å². The van der Waals surface area contributed by atoms with Gasteiger partial charge in [0, 0.05) is 25.0 Å².